The number of hydrogen-bond donors (Lipinski definition) is 1. The van der Waals surface area contributed by atoms with Crippen LogP contribution in [0.1, 0.15) is 91.5 Å². The maximum absolute atomic E-state index is 11.2. The summed E-state index contributed by atoms with van der Waals surface area (Å²) in [5.41, 5.74) is 12.2. The summed E-state index contributed by atoms with van der Waals surface area (Å²) in [7, 11) is 1.68. The van der Waals surface area contributed by atoms with Crippen LogP contribution in [0, 0.1) is 55.4 Å². The molecule has 0 amide bonds. The van der Waals surface area contributed by atoms with Gasteiger partial charge in [-0.1, -0.05) is 6.92 Å². The fraction of sp³-hybridized carbons (Fsp3) is 0.500. The largest absolute Gasteiger partial charge is 0.491 e. The third kappa shape index (κ3) is 10.6. The van der Waals surface area contributed by atoms with Crippen molar-refractivity contribution in [2.24, 2.45) is 0 Å². The van der Waals surface area contributed by atoms with Gasteiger partial charge in [-0.2, -0.15) is 0 Å². The molecule has 1 fully saturated rings. The van der Waals surface area contributed by atoms with Crippen LogP contribution in [-0.2, 0) is 9.47 Å². The molecule has 4 aromatic carbocycles. The van der Waals surface area contributed by atoms with Gasteiger partial charge in [0.2, 0.25) is 0 Å². The van der Waals surface area contributed by atoms with Crippen molar-refractivity contribution >= 4 is 0 Å². The Morgan fingerprint density at radius 3 is 1.38 bits per heavy atom. The predicted octanol–water partition coefficient (Wildman–Crippen LogP) is 10.8. The van der Waals surface area contributed by atoms with Crippen molar-refractivity contribution in [2.75, 3.05) is 33.5 Å². The monoisotopic (exact) mass is 752 g/mol. The summed E-state index contributed by atoms with van der Waals surface area (Å²) in [4.78, 5) is 0. The number of epoxide rings is 1. The average Bonchev–Trinajstić information content (AvgIpc) is 3.92. The number of ether oxygens (including phenoxy) is 6. The maximum atomic E-state index is 11.2. The van der Waals surface area contributed by atoms with Crippen LogP contribution in [0.2, 0.25) is 0 Å². The zero-order chi connectivity index (χ0) is 40.2. The molecule has 0 aliphatic carbocycles. The van der Waals surface area contributed by atoms with E-state index in [1.54, 1.807) is 7.11 Å². The molecule has 0 aromatic heterocycles. The highest BCUT2D eigenvalue weighted by molar-refractivity contribution is 5.71. The van der Waals surface area contributed by atoms with Gasteiger partial charge in [-0.05, 0) is 198 Å². The van der Waals surface area contributed by atoms with Gasteiger partial charge in [0.1, 0.15) is 47.4 Å². The molecule has 1 aliphatic rings. The van der Waals surface area contributed by atoms with Crippen LogP contribution < -0.4 is 18.9 Å². The lowest BCUT2D eigenvalue weighted by molar-refractivity contribution is 0.0166. The minimum Gasteiger partial charge on any atom is -0.491 e. The Morgan fingerprint density at radius 1 is 0.618 bits per heavy atom. The van der Waals surface area contributed by atoms with Gasteiger partial charge in [0.25, 0.3) is 0 Å². The van der Waals surface area contributed by atoms with Gasteiger partial charge in [0.05, 0.1) is 25.4 Å². The van der Waals surface area contributed by atoms with Crippen molar-refractivity contribution < 1.29 is 33.5 Å². The normalized spacial score (nSPS) is 15.7. The van der Waals surface area contributed by atoms with E-state index in [2.05, 4.69) is 118 Å². The minimum atomic E-state index is -0.720. The molecule has 3 atom stereocenters. The highest BCUT2D eigenvalue weighted by Gasteiger charge is 2.35. The van der Waals surface area contributed by atoms with E-state index >= 15 is 0 Å². The molecule has 4 aromatic rings. The van der Waals surface area contributed by atoms with Crippen LogP contribution in [0.3, 0.4) is 0 Å². The summed E-state index contributed by atoms with van der Waals surface area (Å²) in [5, 5.41) is 11.2. The van der Waals surface area contributed by atoms with Crippen LogP contribution >= 0.6 is 0 Å². The molecule has 7 heteroatoms. The Labute approximate surface area is 330 Å². The summed E-state index contributed by atoms with van der Waals surface area (Å²) in [6, 6.07) is 17.4. The van der Waals surface area contributed by atoms with Gasteiger partial charge in [0, 0.05) is 20.0 Å². The van der Waals surface area contributed by atoms with E-state index in [9.17, 15) is 5.11 Å². The van der Waals surface area contributed by atoms with E-state index in [1.807, 2.05) is 13.8 Å². The van der Waals surface area contributed by atoms with E-state index in [1.165, 1.54) is 0 Å². The molecular weight excluding hydrogens is 689 g/mol. The summed E-state index contributed by atoms with van der Waals surface area (Å²) >= 11 is 0. The highest BCUT2D eigenvalue weighted by Crippen LogP contribution is 2.39. The number of rotatable bonds is 18. The van der Waals surface area contributed by atoms with Gasteiger partial charge < -0.3 is 33.5 Å². The number of aliphatic hydroxyl groups excluding tert-OH is 1. The number of aliphatic hydroxyl groups is 1. The molecule has 1 aliphatic heterocycles. The standard InChI is InChI=1S/C48H64O7/c1-14-48(12,26-42-28-52-42)55-46-35(8)23-40(24-36(46)9)38-19-31(4)44(32(5)20-38)53-27-41(49)25-47(10,11)54-45-33(6)21-39(22-34(45)7)37-17-29(2)43(30(3)18-37)51-16-15-50-13/h17-24,41-42,49H,14-16,25-28H2,1-13H3. The number of benzene rings is 4. The average molecular weight is 753 g/mol. The second-order valence-electron chi connectivity index (χ2n) is 16.7. The van der Waals surface area contributed by atoms with E-state index in [0.29, 0.717) is 25.7 Å². The van der Waals surface area contributed by atoms with Crippen LogP contribution in [0.25, 0.3) is 22.3 Å². The van der Waals surface area contributed by atoms with E-state index in [-0.39, 0.29) is 12.2 Å². The first-order valence-electron chi connectivity index (χ1n) is 19.8. The third-order valence-corrected chi connectivity index (χ3v) is 10.7. The maximum Gasteiger partial charge on any atom is 0.125 e. The SMILES string of the molecule is CCC(C)(CC1CO1)Oc1c(C)cc(-c2cc(C)c(OCC(O)CC(C)(C)Oc3c(C)cc(-c4cc(C)c(OCCOC)c(C)c4)cc3C)c(C)c2)cc1C. The molecular formula is C48H64O7. The molecule has 0 spiro atoms. The Morgan fingerprint density at radius 2 is 1.00 bits per heavy atom. The van der Waals surface area contributed by atoms with Crippen molar-refractivity contribution in [3.63, 3.8) is 0 Å². The Bertz CT molecular complexity index is 1880. The summed E-state index contributed by atoms with van der Waals surface area (Å²) in [6.07, 6.45) is 1.82. The van der Waals surface area contributed by atoms with Crippen LogP contribution in [0.4, 0.5) is 0 Å². The smallest absolute Gasteiger partial charge is 0.125 e. The summed E-state index contributed by atoms with van der Waals surface area (Å²) in [6.45, 7) is 27.2. The number of hydrogen-bond acceptors (Lipinski definition) is 7. The molecule has 7 nitrogen and oxygen atoms in total. The highest BCUT2D eigenvalue weighted by atomic mass is 16.6. The van der Waals surface area contributed by atoms with Crippen molar-refractivity contribution in [3.8, 4) is 45.3 Å². The molecule has 298 valence electrons. The quantitative estimate of drug-likeness (QED) is 0.0801. The first kappa shape index (κ1) is 42.1. The van der Waals surface area contributed by atoms with Crippen LogP contribution in [0.15, 0.2) is 48.5 Å². The molecule has 3 unspecified atom stereocenters. The number of methoxy groups -OCH3 is 1. The van der Waals surface area contributed by atoms with E-state index in [4.69, 9.17) is 28.4 Å². The van der Waals surface area contributed by atoms with Crippen molar-refractivity contribution in [2.45, 2.75) is 126 Å². The fourth-order valence-electron chi connectivity index (χ4n) is 7.77. The molecule has 55 heavy (non-hydrogen) atoms. The molecule has 0 bridgehead atoms. The summed E-state index contributed by atoms with van der Waals surface area (Å²) in [5.74, 6) is 3.52. The van der Waals surface area contributed by atoms with Crippen LogP contribution in [0.5, 0.6) is 23.0 Å². The van der Waals surface area contributed by atoms with Gasteiger partial charge in [-0.25, -0.2) is 0 Å². The van der Waals surface area contributed by atoms with Crippen molar-refractivity contribution in [3.05, 3.63) is 93.0 Å². The van der Waals surface area contributed by atoms with Gasteiger partial charge in [0.15, 0.2) is 0 Å². The lowest BCUT2D eigenvalue weighted by Gasteiger charge is -2.31. The summed E-state index contributed by atoms with van der Waals surface area (Å²) < 4.78 is 36.2. The second kappa shape index (κ2) is 17.4. The van der Waals surface area contributed by atoms with E-state index < -0.39 is 11.7 Å². The number of aryl methyl sites for hydroxylation is 8. The van der Waals surface area contributed by atoms with Crippen molar-refractivity contribution in [1.29, 1.82) is 0 Å². The van der Waals surface area contributed by atoms with Gasteiger partial charge in [-0.3, -0.25) is 0 Å². The lowest BCUT2D eigenvalue weighted by atomic mass is 9.94. The zero-order valence-corrected chi connectivity index (χ0v) is 35.6. The van der Waals surface area contributed by atoms with Gasteiger partial charge in [-0.15, -0.1) is 0 Å². The van der Waals surface area contributed by atoms with E-state index in [0.717, 1.165) is 109 Å². The van der Waals surface area contributed by atoms with Crippen LogP contribution in [-0.4, -0.2) is 62.1 Å². The molecule has 1 heterocycles. The Kier molecular flexibility index (Phi) is 13.3. The minimum absolute atomic E-state index is 0.168. The Hall–Kier alpha value is -4.04. The predicted molar refractivity (Wildman–Crippen MR) is 224 cm³/mol. The first-order chi connectivity index (χ1) is 25.9. The van der Waals surface area contributed by atoms with Gasteiger partial charge >= 0.3 is 0 Å². The topological polar surface area (TPSA) is 78.9 Å². The molecule has 5 rings (SSSR count). The molecule has 0 radical (unpaired) electrons. The molecule has 1 N–H and O–H groups in total. The third-order valence-electron chi connectivity index (χ3n) is 10.7. The first-order valence-corrected chi connectivity index (χ1v) is 19.8. The molecule has 0 saturated carbocycles. The second-order valence-corrected chi connectivity index (χ2v) is 16.7. The fourth-order valence-corrected chi connectivity index (χ4v) is 7.77. The van der Waals surface area contributed by atoms with Crippen molar-refractivity contribution in [1.82, 2.24) is 0 Å². The molecule has 1 saturated heterocycles. The zero-order valence-electron chi connectivity index (χ0n) is 35.6. The Balaban J connectivity index is 1.22. The lowest BCUT2D eigenvalue weighted by Crippen LogP contribution is -2.36.